The van der Waals surface area contributed by atoms with Crippen molar-refractivity contribution < 1.29 is 9.53 Å². The van der Waals surface area contributed by atoms with Gasteiger partial charge in [0.1, 0.15) is 11.8 Å². The largest absolute Gasteiger partial charge is 0.489 e. The molecule has 0 saturated heterocycles. The number of primary amides is 1. The summed E-state index contributed by atoms with van der Waals surface area (Å²) in [5.74, 6) is -0.0589. The first-order valence-electron chi connectivity index (χ1n) is 4.71. The Bertz CT molecular complexity index is 444. The number of ether oxygens (including phenoxy) is 1. The molecule has 1 fully saturated rings. The molecule has 0 unspecified atom stereocenters. The smallest absolute Gasteiger partial charge is 0.248 e. The van der Waals surface area contributed by atoms with Crippen molar-refractivity contribution in [2.45, 2.75) is 18.9 Å². The van der Waals surface area contributed by atoms with E-state index in [0.717, 1.165) is 12.8 Å². The Labute approximate surface area is 87.3 Å². The first-order chi connectivity index (χ1) is 7.20. The highest BCUT2D eigenvalue weighted by molar-refractivity contribution is 5.93. The second kappa shape index (κ2) is 3.62. The summed E-state index contributed by atoms with van der Waals surface area (Å²) in [6, 6.07) is 6.63. The zero-order valence-electron chi connectivity index (χ0n) is 8.06. The summed E-state index contributed by atoms with van der Waals surface area (Å²) in [5, 5.41) is 8.84. The molecule has 0 atom stereocenters. The molecule has 1 amide bonds. The number of nitrogens with two attached hydrogens (primary N) is 1. The van der Waals surface area contributed by atoms with Crippen LogP contribution in [0.2, 0.25) is 0 Å². The zero-order chi connectivity index (χ0) is 10.8. The van der Waals surface area contributed by atoms with Gasteiger partial charge >= 0.3 is 0 Å². The molecule has 15 heavy (non-hydrogen) atoms. The van der Waals surface area contributed by atoms with E-state index in [9.17, 15) is 4.79 Å². The van der Waals surface area contributed by atoms with Crippen LogP contribution in [-0.2, 0) is 0 Å². The summed E-state index contributed by atoms with van der Waals surface area (Å²) in [4.78, 5) is 10.9. The lowest BCUT2D eigenvalue weighted by molar-refractivity contribution is 0.0999. The van der Waals surface area contributed by atoms with Crippen LogP contribution in [0.5, 0.6) is 5.75 Å². The van der Waals surface area contributed by atoms with Crippen molar-refractivity contribution in [3.8, 4) is 11.8 Å². The summed E-state index contributed by atoms with van der Waals surface area (Å²) in [6.45, 7) is 0. The number of amides is 1. The second-order valence-electron chi connectivity index (χ2n) is 3.50. The molecule has 76 valence electrons. The van der Waals surface area contributed by atoms with Gasteiger partial charge in [-0.3, -0.25) is 4.79 Å². The number of nitriles is 1. The quantitative estimate of drug-likeness (QED) is 0.800. The number of carbonyl (C=O) groups is 1. The van der Waals surface area contributed by atoms with Gasteiger partial charge in [0.25, 0.3) is 0 Å². The van der Waals surface area contributed by atoms with Crippen LogP contribution in [0.1, 0.15) is 28.8 Å². The van der Waals surface area contributed by atoms with Crippen LogP contribution in [0, 0.1) is 11.3 Å². The molecular weight excluding hydrogens is 192 g/mol. The summed E-state index contributed by atoms with van der Waals surface area (Å²) < 4.78 is 5.51. The SMILES string of the molecule is N#Cc1ccc(C(N)=O)cc1OC1CC1. The average Bonchev–Trinajstić information content (AvgIpc) is 3.01. The molecule has 0 radical (unpaired) electrons. The molecule has 0 spiro atoms. The van der Waals surface area contributed by atoms with E-state index in [4.69, 9.17) is 15.7 Å². The monoisotopic (exact) mass is 202 g/mol. The molecule has 4 nitrogen and oxygen atoms in total. The number of carbonyl (C=O) groups excluding carboxylic acids is 1. The fourth-order valence-corrected chi connectivity index (χ4v) is 1.23. The molecule has 1 aliphatic rings. The van der Waals surface area contributed by atoms with Gasteiger partial charge in [0, 0.05) is 5.56 Å². The molecule has 0 aliphatic heterocycles. The van der Waals surface area contributed by atoms with Gasteiger partial charge in [0.2, 0.25) is 5.91 Å². The third kappa shape index (κ3) is 2.08. The van der Waals surface area contributed by atoms with Crippen molar-refractivity contribution in [3.63, 3.8) is 0 Å². The summed E-state index contributed by atoms with van der Waals surface area (Å²) in [5.41, 5.74) is 5.95. The average molecular weight is 202 g/mol. The highest BCUT2D eigenvalue weighted by atomic mass is 16.5. The van der Waals surface area contributed by atoms with E-state index in [0.29, 0.717) is 16.9 Å². The van der Waals surface area contributed by atoms with Crippen LogP contribution < -0.4 is 10.5 Å². The van der Waals surface area contributed by atoms with Gasteiger partial charge in [0.15, 0.2) is 0 Å². The lowest BCUT2D eigenvalue weighted by Crippen LogP contribution is -2.11. The molecule has 1 aromatic rings. The van der Waals surface area contributed by atoms with E-state index in [2.05, 4.69) is 0 Å². The molecule has 2 rings (SSSR count). The Kier molecular flexibility index (Phi) is 2.30. The molecule has 0 bridgehead atoms. The minimum Gasteiger partial charge on any atom is -0.489 e. The van der Waals surface area contributed by atoms with Gasteiger partial charge in [-0.2, -0.15) is 5.26 Å². The van der Waals surface area contributed by atoms with Crippen molar-refractivity contribution in [2.75, 3.05) is 0 Å². The third-order valence-corrected chi connectivity index (χ3v) is 2.20. The summed E-state index contributed by atoms with van der Waals surface area (Å²) in [7, 11) is 0. The van der Waals surface area contributed by atoms with Gasteiger partial charge < -0.3 is 10.5 Å². The minimum absolute atomic E-state index is 0.195. The van der Waals surface area contributed by atoms with Crippen molar-refractivity contribution in [1.82, 2.24) is 0 Å². The Morgan fingerprint density at radius 1 is 1.53 bits per heavy atom. The first kappa shape index (κ1) is 9.53. The van der Waals surface area contributed by atoms with Crippen LogP contribution >= 0.6 is 0 Å². The van der Waals surface area contributed by atoms with Crippen LogP contribution in [0.15, 0.2) is 18.2 Å². The molecule has 1 aliphatic carbocycles. The molecular formula is C11H10N2O2. The van der Waals surface area contributed by atoms with Crippen LogP contribution in [0.3, 0.4) is 0 Å². The number of benzene rings is 1. The number of nitrogens with zero attached hydrogens (tertiary/aromatic N) is 1. The Hall–Kier alpha value is -2.02. The predicted molar refractivity (Wildman–Crippen MR) is 53.3 cm³/mol. The van der Waals surface area contributed by atoms with E-state index < -0.39 is 5.91 Å². The normalized spacial score (nSPS) is 14.3. The maximum Gasteiger partial charge on any atom is 0.248 e. The molecule has 0 aromatic heterocycles. The van der Waals surface area contributed by atoms with Gasteiger partial charge in [-0.25, -0.2) is 0 Å². The maximum atomic E-state index is 10.9. The number of hydrogen-bond acceptors (Lipinski definition) is 3. The van der Waals surface area contributed by atoms with Gasteiger partial charge in [0.05, 0.1) is 11.7 Å². The van der Waals surface area contributed by atoms with E-state index >= 15 is 0 Å². The fourth-order valence-electron chi connectivity index (χ4n) is 1.23. The van der Waals surface area contributed by atoms with Crippen LogP contribution in [-0.4, -0.2) is 12.0 Å². The van der Waals surface area contributed by atoms with E-state index in [1.165, 1.54) is 12.1 Å². The van der Waals surface area contributed by atoms with E-state index in [1.54, 1.807) is 6.07 Å². The molecule has 1 saturated carbocycles. The first-order valence-corrected chi connectivity index (χ1v) is 4.71. The molecule has 1 aromatic carbocycles. The van der Waals surface area contributed by atoms with E-state index in [1.807, 2.05) is 6.07 Å². The second-order valence-corrected chi connectivity index (χ2v) is 3.50. The third-order valence-electron chi connectivity index (χ3n) is 2.20. The van der Waals surface area contributed by atoms with Crippen molar-refractivity contribution in [2.24, 2.45) is 5.73 Å². The molecule has 2 N–H and O–H groups in total. The zero-order valence-corrected chi connectivity index (χ0v) is 8.06. The minimum atomic E-state index is -0.514. The summed E-state index contributed by atoms with van der Waals surface area (Å²) in [6.07, 6.45) is 2.21. The van der Waals surface area contributed by atoms with Crippen molar-refractivity contribution in [1.29, 1.82) is 5.26 Å². The van der Waals surface area contributed by atoms with Gasteiger partial charge in [-0.05, 0) is 31.0 Å². The lowest BCUT2D eigenvalue weighted by atomic mass is 10.1. The Balaban J connectivity index is 2.33. The van der Waals surface area contributed by atoms with Crippen molar-refractivity contribution in [3.05, 3.63) is 29.3 Å². The van der Waals surface area contributed by atoms with Crippen molar-refractivity contribution >= 4 is 5.91 Å². The van der Waals surface area contributed by atoms with Gasteiger partial charge in [-0.15, -0.1) is 0 Å². The van der Waals surface area contributed by atoms with Crippen LogP contribution in [0.25, 0.3) is 0 Å². The topological polar surface area (TPSA) is 76.1 Å². The molecule has 4 heteroatoms. The van der Waals surface area contributed by atoms with E-state index in [-0.39, 0.29) is 6.10 Å². The predicted octanol–water partition coefficient (Wildman–Crippen LogP) is 1.20. The van der Waals surface area contributed by atoms with Crippen LogP contribution in [0.4, 0.5) is 0 Å². The standard InChI is InChI=1S/C11H10N2O2/c12-6-8-2-1-7(11(13)14)5-10(8)15-9-3-4-9/h1-2,5,9H,3-4H2,(H2,13,14). The van der Waals surface area contributed by atoms with Gasteiger partial charge in [-0.1, -0.05) is 0 Å². The fraction of sp³-hybridized carbons (Fsp3) is 0.273. The molecule has 0 heterocycles. The maximum absolute atomic E-state index is 10.9. The number of rotatable bonds is 3. The number of hydrogen-bond donors (Lipinski definition) is 1. The highest BCUT2D eigenvalue weighted by Gasteiger charge is 2.24. The Morgan fingerprint density at radius 2 is 2.27 bits per heavy atom. The highest BCUT2D eigenvalue weighted by Crippen LogP contribution is 2.29. The summed E-state index contributed by atoms with van der Waals surface area (Å²) >= 11 is 0. The Morgan fingerprint density at radius 3 is 2.80 bits per heavy atom. The lowest BCUT2D eigenvalue weighted by Gasteiger charge is -2.07.